The summed E-state index contributed by atoms with van der Waals surface area (Å²) in [5, 5.41) is 3.14. The number of hydrogen-bond donors (Lipinski definition) is 1. The molecule has 1 heterocycles. The third-order valence-electron chi connectivity index (χ3n) is 3.74. The molecule has 0 amide bonds. The lowest BCUT2D eigenvalue weighted by Crippen LogP contribution is -2.51. The van der Waals surface area contributed by atoms with Gasteiger partial charge in [0.25, 0.3) is 0 Å². The summed E-state index contributed by atoms with van der Waals surface area (Å²) in [6.45, 7) is 6.53. The molecule has 1 saturated heterocycles. The van der Waals surface area contributed by atoms with E-state index in [0.717, 1.165) is 11.0 Å². The summed E-state index contributed by atoms with van der Waals surface area (Å²) in [5.74, 6) is -0.179. The molecule has 5 heteroatoms. The van der Waals surface area contributed by atoms with Gasteiger partial charge in [0.05, 0.1) is 18.8 Å². The molecular formula is C15H22BrFN2O. The van der Waals surface area contributed by atoms with Gasteiger partial charge >= 0.3 is 0 Å². The number of halogens is 2. The van der Waals surface area contributed by atoms with Gasteiger partial charge in [-0.25, -0.2) is 4.39 Å². The Balaban J connectivity index is 2.37. The molecule has 1 aliphatic heterocycles. The first-order valence-corrected chi connectivity index (χ1v) is 7.80. The summed E-state index contributed by atoms with van der Waals surface area (Å²) in [5.41, 5.74) is 0.710. The second-order valence-corrected chi connectivity index (χ2v) is 6.32. The molecule has 1 aromatic carbocycles. The Kier molecular flexibility index (Phi) is 5.55. The summed E-state index contributed by atoms with van der Waals surface area (Å²) in [4.78, 5) is 2.32. The predicted molar refractivity (Wildman–Crippen MR) is 82.3 cm³/mol. The Bertz CT molecular complexity index is 453. The zero-order valence-electron chi connectivity index (χ0n) is 12.2. The maximum Gasteiger partial charge on any atom is 0.129 e. The fraction of sp³-hybridized carbons (Fsp3) is 0.600. The maximum atomic E-state index is 14.4. The van der Waals surface area contributed by atoms with Crippen LogP contribution < -0.4 is 5.32 Å². The maximum absolute atomic E-state index is 14.4. The number of benzene rings is 1. The van der Waals surface area contributed by atoms with Gasteiger partial charge in [-0.2, -0.15) is 0 Å². The van der Waals surface area contributed by atoms with E-state index >= 15 is 0 Å². The average Bonchev–Trinajstić information content (AvgIpc) is 2.39. The molecule has 3 nitrogen and oxygen atoms in total. The van der Waals surface area contributed by atoms with Crippen molar-refractivity contribution in [3.8, 4) is 0 Å². The van der Waals surface area contributed by atoms with Crippen LogP contribution in [0.25, 0.3) is 0 Å². The van der Waals surface area contributed by atoms with Gasteiger partial charge in [0.15, 0.2) is 0 Å². The van der Waals surface area contributed by atoms with E-state index in [1.54, 1.807) is 0 Å². The summed E-state index contributed by atoms with van der Waals surface area (Å²) < 4.78 is 21.0. The molecule has 1 N–H and O–H groups in total. The van der Waals surface area contributed by atoms with Crippen LogP contribution in [0.4, 0.5) is 4.39 Å². The van der Waals surface area contributed by atoms with Crippen molar-refractivity contribution >= 4 is 15.9 Å². The van der Waals surface area contributed by atoms with Crippen molar-refractivity contribution in [2.24, 2.45) is 0 Å². The van der Waals surface area contributed by atoms with Crippen LogP contribution in [0.5, 0.6) is 0 Å². The lowest BCUT2D eigenvalue weighted by atomic mass is 9.96. The van der Waals surface area contributed by atoms with Gasteiger partial charge in [-0.1, -0.05) is 22.0 Å². The molecule has 0 aliphatic carbocycles. The van der Waals surface area contributed by atoms with Gasteiger partial charge in [0.2, 0.25) is 0 Å². The quantitative estimate of drug-likeness (QED) is 0.908. The van der Waals surface area contributed by atoms with E-state index in [0.29, 0.717) is 24.8 Å². The average molecular weight is 345 g/mol. The highest BCUT2D eigenvalue weighted by atomic mass is 79.9. The lowest BCUT2D eigenvalue weighted by Gasteiger charge is -2.43. The van der Waals surface area contributed by atoms with Crippen molar-refractivity contribution in [3.05, 3.63) is 34.1 Å². The van der Waals surface area contributed by atoms with Crippen molar-refractivity contribution in [3.63, 3.8) is 0 Å². The molecule has 2 atom stereocenters. The number of morpholine rings is 1. The zero-order valence-corrected chi connectivity index (χ0v) is 13.8. The standard InChI is InChI=1S/C15H22BrFN2O/c1-10(2)19-6-7-20-14(9-18-3)15(19)12-5-4-11(16)8-13(12)17/h4-5,8,10,14-15,18H,6-7,9H2,1-3H3. The highest BCUT2D eigenvalue weighted by Crippen LogP contribution is 2.33. The molecule has 0 radical (unpaired) electrons. The molecule has 1 aromatic rings. The molecule has 2 rings (SSSR count). The number of nitrogens with one attached hydrogen (secondary N) is 1. The van der Waals surface area contributed by atoms with Gasteiger partial charge in [0.1, 0.15) is 5.82 Å². The van der Waals surface area contributed by atoms with E-state index in [-0.39, 0.29) is 18.0 Å². The van der Waals surface area contributed by atoms with Crippen molar-refractivity contribution in [2.75, 3.05) is 26.7 Å². The number of nitrogens with zero attached hydrogens (tertiary/aromatic N) is 1. The smallest absolute Gasteiger partial charge is 0.129 e. The third-order valence-corrected chi connectivity index (χ3v) is 4.23. The lowest BCUT2D eigenvalue weighted by molar-refractivity contribution is -0.0825. The minimum atomic E-state index is -0.179. The third kappa shape index (κ3) is 3.39. The predicted octanol–water partition coefficient (Wildman–Crippen LogP) is 2.96. The first-order valence-electron chi connectivity index (χ1n) is 7.01. The fourth-order valence-electron chi connectivity index (χ4n) is 2.82. The van der Waals surface area contributed by atoms with E-state index in [2.05, 4.69) is 40.0 Å². The molecule has 2 unspecified atom stereocenters. The summed E-state index contributed by atoms with van der Waals surface area (Å²) >= 11 is 3.31. The van der Waals surface area contributed by atoms with Crippen LogP contribution in [0.2, 0.25) is 0 Å². The normalized spacial score (nSPS) is 24.3. The van der Waals surface area contributed by atoms with E-state index in [4.69, 9.17) is 4.74 Å². The van der Waals surface area contributed by atoms with Crippen LogP contribution >= 0.6 is 15.9 Å². The molecule has 20 heavy (non-hydrogen) atoms. The SMILES string of the molecule is CNCC1OCCN(C(C)C)C1c1ccc(Br)cc1F. The van der Waals surface area contributed by atoms with Crippen LogP contribution in [0.3, 0.4) is 0 Å². The molecular weight excluding hydrogens is 323 g/mol. The molecule has 0 spiro atoms. The highest BCUT2D eigenvalue weighted by Gasteiger charge is 2.36. The summed E-state index contributed by atoms with van der Waals surface area (Å²) in [6, 6.07) is 5.58. The summed E-state index contributed by atoms with van der Waals surface area (Å²) in [6.07, 6.45) is -0.0353. The van der Waals surface area contributed by atoms with E-state index in [1.807, 2.05) is 19.2 Å². The second kappa shape index (κ2) is 6.98. The number of ether oxygens (including phenoxy) is 1. The van der Waals surface area contributed by atoms with Crippen LogP contribution in [0.1, 0.15) is 25.5 Å². The topological polar surface area (TPSA) is 24.5 Å². The minimum Gasteiger partial charge on any atom is -0.374 e. The van der Waals surface area contributed by atoms with E-state index in [9.17, 15) is 4.39 Å². The fourth-order valence-corrected chi connectivity index (χ4v) is 3.16. The Morgan fingerprint density at radius 3 is 2.85 bits per heavy atom. The Hall–Kier alpha value is -0.490. The highest BCUT2D eigenvalue weighted by molar-refractivity contribution is 9.10. The van der Waals surface area contributed by atoms with Crippen LogP contribution in [0.15, 0.2) is 22.7 Å². The Labute approximate surface area is 128 Å². The first-order chi connectivity index (χ1) is 9.54. The second-order valence-electron chi connectivity index (χ2n) is 5.41. The number of hydrogen-bond acceptors (Lipinski definition) is 3. The van der Waals surface area contributed by atoms with Crippen LogP contribution in [-0.4, -0.2) is 43.8 Å². The van der Waals surface area contributed by atoms with Crippen LogP contribution in [-0.2, 0) is 4.74 Å². The molecule has 1 fully saturated rings. The molecule has 0 bridgehead atoms. The van der Waals surface area contributed by atoms with E-state index in [1.165, 1.54) is 6.07 Å². The number of rotatable bonds is 4. The zero-order chi connectivity index (χ0) is 14.7. The number of likely N-dealkylation sites (N-methyl/N-ethyl adjacent to an activating group) is 1. The van der Waals surface area contributed by atoms with Gasteiger partial charge in [-0.15, -0.1) is 0 Å². The molecule has 0 saturated carbocycles. The van der Waals surface area contributed by atoms with Gasteiger partial charge in [-0.3, -0.25) is 4.90 Å². The Morgan fingerprint density at radius 2 is 2.25 bits per heavy atom. The van der Waals surface area contributed by atoms with Gasteiger partial charge < -0.3 is 10.1 Å². The van der Waals surface area contributed by atoms with Gasteiger partial charge in [0, 0.05) is 29.2 Å². The summed E-state index contributed by atoms with van der Waals surface area (Å²) in [7, 11) is 1.90. The minimum absolute atomic E-state index is 0.0353. The van der Waals surface area contributed by atoms with Crippen molar-refractivity contribution in [1.82, 2.24) is 10.2 Å². The van der Waals surface area contributed by atoms with Crippen molar-refractivity contribution < 1.29 is 9.13 Å². The molecule has 0 aromatic heterocycles. The van der Waals surface area contributed by atoms with Gasteiger partial charge in [-0.05, 0) is 33.0 Å². The Morgan fingerprint density at radius 1 is 1.50 bits per heavy atom. The van der Waals surface area contributed by atoms with Crippen molar-refractivity contribution in [1.29, 1.82) is 0 Å². The first kappa shape index (κ1) is 15.9. The largest absolute Gasteiger partial charge is 0.374 e. The molecule has 1 aliphatic rings. The van der Waals surface area contributed by atoms with Crippen LogP contribution in [0, 0.1) is 5.82 Å². The van der Waals surface area contributed by atoms with E-state index < -0.39 is 0 Å². The van der Waals surface area contributed by atoms with Crippen molar-refractivity contribution in [2.45, 2.75) is 32.0 Å². The monoisotopic (exact) mass is 344 g/mol. The molecule has 112 valence electrons.